The second kappa shape index (κ2) is 7.15. The van der Waals surface area contributed by atoms with Crippen molar-refractivity contribution in [1.29, 1.82) is 0 Å². The molecule has 0 aromatic heterocycles. The Kier molecular flexibility index (Phi) is 5.08. The number of rotatable bonds is 5. The van der Waals surface area contributed by atoms with Gasteiger partial charge in [0.1, 0.15) is 0 Å². The second-order valence-electron chi connectivity index (χ2n) is 10.5. The molecule has 0 aliphatic heterocycles. The fraction of sp³-hybridized carbons (Fsp3) is 0.760. The number of carbonyl (C=O) groups excluding carboxylic acids is 1. The molecule has 3 nitrogen and oxygen atoms in total. The highest BCUT2D eigenvalue weighted by Gasteiger charge is 2.60. The molecule has 0 unspecified atom stereocenters. The Labute approximate surface area is 169 Å². The first-order valence-corrected chi connectivity index (χ1v) is 11.5. The van der Waals surface area contributed by atoms with E-state index in [-0.39, 0.29) is 11.2 Å². The minimum atomic E-state index is -0.651. The number of hydrogen-bond donors (Lipinski definition) is 1. The van der Waals surface area contributed by atoms with Crippen LogP contribution >= 0.6 is 0 Å². The Morgan fingerprint density at radius 2 is 1.96 bits per heavy atom. The summed E-state index contributed by atoms with van der Waals surface area (Å²) in [6.45, 7) is 7.14. The molecule has 154 valence electrons. The SMILES string of the molecule is CCC[C@@H]1CC2=CC(=O)C=C[C@]2(C)[C@H]2CC[C@]3(C)[C@H](CCC(=O)O)CC[C@H]3[C@H]12. The van der Waals surface area contributed by atoms with Crippen molar-refractivity contribution in [2.45, 2.75) is 78.6 Å². The molecule has 4 aliphatic carbocycles. The molecule has 3 heteroatoms. The summed E-state index contributed by atoms with van der Waals surface area (Å²) >= 11 is 0. The van der Waals surface area contributed by atoms with Crippen LogP contribution in [0.25, 0.3) is 0 Å². The van der Waals surface area contributed by atoms with Gasteiger partial charge in [0.2, 0.25) is 0 Å². The lowest BCUT2D eigenvalue weighted by atomic mass is 9.45. The number of allylic oxidation sites excluding steroid dienone is 4. The number of carbonyl (C=O) groups is 2. The van der Waals surface area contributed by atoms with Crippen LogP contribution in [0.4, 0.5) is 0 Å². The van der Waals surface area contributed by atoms with Crippen molar-refractivity contribution in [3.63, 3.8) is 0 Å². The Hall–Kier alpha value is -1.38. The van der Waals surface area contributed by atoms with Crippen LogP contribution in [0, 0.1) is 40.4 Å². The average molecular weight is 385 g/mol. The highest BCUT2D eigenvalue weighted by Crippen LogP contribution is 2.68. The average Bonchev–Trinajstić information content (AvgIpc) is 2.98. The van der Waals surface area contributed by atoms with Crippen molar-refractivity contribution in [3.8, 4) is 0 Å². The Morgan fingerprint density at radius 1 is 1.18 bits per heavy atom. The van der Waals surface area contributed by atoms with Gasteiger partial charge in [0.05, 0.1) is 0 Å². The summed E-state index contributed by atoms with van der Waals surface area (Å²) < 4.78 is 0. The quantitative estimate of drug-likeness (QED) is 0.651. The largest absolute Gasteiger partial charge is 0.481 e. The maximum absolute atomic E-state index is 12.1. The molecule has 1 N–H and O–H groups in total. The van der Waals surface area contributed by atoms with E-state index < -0.39 is 5.97 Å². The number of aliphatic carboxylic acids is 1. The maximum Gasteiger partial charge on any atom is 0.303 e. The Balaban J connectivity index is 1.66. The van der Waals surface area contributed by atoms with Gasteiger partial charge < -0.3 is 5.11 Å². The predicted molar refractivity (Wildman–Crippen MR) is 111 cm³/mol. The molecule has 0 bridgehead atoms. The molecular weight excluding hydrogens is 348 g/mol. The number of carboxylic acids is 1. The summed E-state index contributed by atoms with van der Waals surface area (Å²) in [4.78, 5) is 23.2. The lowest BCUT2D eigenvalue weighted by molar-refractivity contribution is -0.137. The molecule has 0 aromatic carbocycles. The van der Waals surface area contributed by atoms with Crippen LogP contribution in [0.15, 0.2) is 23.8 Å². The molecule has 0 amide bonds. The van der Waals surface area contributed by atoms with Gasteiger partial charge in [0.25, 0.3) is 0 Å². The van der Waals surface area contributed by atoms with Crippen LogP contribution in [-0.2, 0) is 9.59 Å². The summed E-state index contributed by atoms with van der Waals surface area (Å²) in [6, 6.07) is 0. The third-order valence-corrected chi connectivity index (χ3v) is 9.29. The first-order valence-electron chi connectivity index (χ1n) is 11.5. The Morgan fingerprint density at radius 3 is 2.68 bits per heavy atom. The van der Waals surface area contributed by atoms with E-state index in [4.69, 9.17) is 0 Å². The van der Waals surface area contributed by atoms with Gasteiger partial charge in [0.15, 0.2) is 5.78 Å². The summed E-state index contributed by atoms with van der Waals surface area (Å²) in [5, 5.41) is 9.20. The summed E-state index contributed by atoms with van der Waals surface area (Å²) in [5.74, 6) is 2.81. The maximum atomic E-state index is 12.1. The van der Waals surface area contributed by atoms with E-state index in [0.29, 0.717) is 41.4 Å². The van der Waals surface area contributed by atoms with Gasteiger partial charge in [0, 0.05) is 11.8 Å². The molecule has 0 spiro atoms. The van der Waals surface area contributed by atoms with E-state index in [2.05, 4.69) is 26.8 Å². The van der Waals surface area contributed by atoms with Crippen LogP contribution in [-0.4, -0.2) is 16.9 Å². The van der Waals surface area contributed by atoms with Crippen LogP contribution < -0.4 is 0 Å². The van der Waals surface area contributed by atoms with Crippen LogP contribution in [0.5, 0.6) is 0 Å². The van der Waals surface area contributed by atoms with E-state index in [9.17, 15) is 14.7 Å². The van der Waals surface area contributed by atoms with Gasteiger partial charge in [-0.1, -0.05) is 45.3 Å². The number of fused-ring (bicyclic) bond motifs is 5. The van der Waals surface area contributed by atoms with Gasteiger partial charge in [-0.25, -0.2) is 0 Å². The molecular formula is C25H36O3. The molecule has 7 atom stereocenters. The molecule has 3 fully saturated rings. The van der Waals surface area contributed by atoms with Crippen molar-refractivity contribution in [2.24, 2.45) is 40.4 Å². The molecule has 0 saturated heterocycles. The van der Waals surface area contributed by atoms with E-state index in [1.807, 2.05) is 6.08 Å². The van der Waals surface area contributed by atoms with Crippen LogP contribution in [0.1, 0.15) is 78.6 Å². The number of hydrogen-bond acceptors (Lipinski definition) is 2. The van der Waals surface area contributed by atoms with Crippen molar-refractivity contribution < 1.29 is 14.7 Å². The monoisotopic (exact) mass is 384 g/mol. The van der Waals surface area contributed by atoms with Crippen molar-refractivity contribution in [1.82, 2.24) is 0 Å². The van der Waals surface area contributed by atoms with Gasteiger partial charge in [-0.15, -0.1) is 0 Å². The zero-order valence-electron chi connectivity index (χ0n) is 17.7. The van der Waals surface area contributed by atoms with Gasteiger partial charge in [-0.05, 0) is 85.7 Å². The first kappa shape index (κ1) is 19.9. The minimum absolute atomic E-state index is 0.0449. The van der Waals surface area contributed by atoms with Crippen LogP contribution in [0.3, 0.4) is 0 Å². The fourth-order valence-corrected chi connectivity index (χ4v) is 7.89. The third kappa shape index (κ3) is 3.00. The summed E-state index contributed by atoms with van der Waals surface area (Å²) in [5.41, 5.74) is 1.72. The molecule has 0 aromatic rings. The molecule has 28 heavy (non-hydrogen) atoms. The second-order valence-corrected chi connectivity index (χ2v) is 10.5. The zero-order valence-corrected chi connectivity index (χ0v) is 17.7. The molecule has 4 rings (SSSR count). The van der Waals surface area contributed by atoms with Crippen molar-refractivity contribution in [3.05, 3.63) is 23.8 Å². The lowest BCUT2D eigenvalue weighted by Crippen LogP contribution is -2.52. The van der Waals surface area contributed by atoms with Gasteiger partial charge in [-0.3, -0.25) is 9.59 Å². The number of carboxylic acid groups (broad SMARTS) is 1. The lowest BCUT2D eigenvalue weighted by Gasteiger charge is -2.59. The van der Waals surface area contributed by atoms with E-state index in [1.54, 1.807) is 6.08 Å². The first-order chi connectivity index (χ1) is 13.3. The molecule has 0 heterocycles. The fourth-order valence-electron chi connectivity index (χ4n) is 7.89. The summed E-state index contributed by atoms with van der Waals surface area (Å²) in [7, 11) is 0. The van der Waals surface area contributed by atoms with Gasteiger partial charge in [-0.2, -0.15) is 0 Å². The van der Waals surface area contributed by atoms with Crippen molar-refractivity contribution in [2.75, 3.05) is 0 Å². The topological polar surface area (TPSA) is 54.4 Å². The summed E-state index contributed by atoms with van der Waals surface area (Å²) in [6.07, 6.45) is 15.6. The molecule has 4 aliphatic rings. The Bertz CT molecular complexity index is 719. The van der Waals surface area contributed by atoms with E-state index in [0.717, 1.165) is 12.8 Å². The standard InChI is InChI=1S/C25H36O3/c1-4-5-16-14-18-15-19(26)10-12-25(18,3)21-11-13-24(2)17(7-9-22(27)28)6-8-20(24)23(16)21/h10,12,15-17,20-21,23H,4-9,11,13-14H2,1-3H3,(H,27,28)/t16-,17+,20+,21+,23+,24-,25+/m1/s1. The molecule has 3 saturated carbocycles. The van der Waals surface area contributed by atoms with Crippen LogP contribution in [0.2, 0.25) is 0 Å². The number of ketones is 1. The van der Waals surface area contributed by atoms with E-state index in [1.165, 1.54) is 44.1 Å². The highest BCUT2D eigenvalue weighted by molar-refractivity contribution is 6.01. The van der Waals surface area contributed by atoms with E-state index >= 15 is 0 Å². The minimum Gasteiger partial charge on any atom is -0.481 e. The predicted octanol–water partition coefficient (Wildman–Crippen LogP) is 5.80. The molecule has 0 radical (unpaired) electrons. The third-order valence-electron chi connectivity index (χ3n) is 9.29. The smallest absolute Gasteiger partial charge is 0.303 e. The zero-order chi connectivity index (χ0) is 20.1. The highest BCUT2D eigenvalue weighted by atomic mass is 16.4. The normalized spacial score (nSPS) is 44.5. The van der Waals surface area contributed by atoms with Crippen molar-refractivity contribution >= 4 is 11.8 Å². The van der Waals surface area contributed by atoms with Gasteiger partial charge >= 0.3 is 5.97 Å².